The number of fused-ring (bicyclic) bond motifs is 1. The van der Waals surface area contributed by atoms with Crippen molar-refractivity contribution < 1.29 is 4.39 Å². The van der Waals surface area contributed by atoms with Crippen LogP contribution in [0, 0.1) is 12.1 Å². The zero-order valence-electron chi connectivity index (χ0n) is 5.71. The van der Waals surface area contributed by atoms with E-state index >= 15 is 0 Å². The summed E-state index contributed by atoms with van der Waals surface area (Å²) in [6.07, 6.45) is 2.59. The van der Waals surface area contributed by atoms with Crippen molar-refractivity contribution in [1.29, 1.82) is 0 Å². The lowest BCUT2D eigenvalue weighted by Crippen LogP contribution is -1.81. The average Bonchev–Trinajstić information content (AvgIpc) is 2.04. The first-order valence-corrected chi connectivity index (χ1v) is 3.29. The Hall–Kier alpha value is -1.44. The molecule has 11 heavy (non-hydrogen) atoms. The lowest BCUT2D eigenvalue weighted by molar-refractivity contribution is 0.585. The van der Waals surface area contributed by atoms with Crippen LogP contribution in [0.5, 0.6) is 0 Å². The van der Waals surface area contributed by atoms with E-state index < -0.39 is 5.95 Å². The molecule has 0 aliphatic carbocycles. The summed E-state index contributed by atoms with van der Waals surface area (Å²) in [5.74, 6) is -0.483. The van der Waals surface area contributed by atoms with Crippen LogP contribution in [0.25, 0.3) is 10.8 Å². The van der Waals surface area contributed by atoms with E-state index in [0.717, 1.165) is 10.8 Å². The molecule has 1 radical (unpaired) electrons. The highest BCUT2D eigenvalue weighted by Crippen LogP contribution is 2.11. The monoisotopic (exact) mass is 146 g/mol. The standard InChI is InChI=1S/C9H5FN/c10-9-5-7-3-1-2-4-8(7)6-11-9/h1-5H. The number of benzene rings is 1. The average molecular weight is 146 g/mol. The number of nitrogens with zero attached hydrogens (tertiary/aromatic N) is 1. The molecule has 0 N–H and O–H groups in total. The normalized spacial score (nSPS) is 10.3. The van der Waals surface area contributed by atoms with E-state index in [0.29, 0.717) is 0 Å². The third-order valence-corrected chi connectivity index (χ3v) is 1.52. The van der Waals surface area contributed by atoms with E-state index in [2.05, 4.69) is 11.2 Å². The molecule has 0 aliphatic rings. The maximum Gasteiger partial charge on any atom is 0.214 e. The number of hydrogen-bond acceptors (Lipinski definition) is 1. The molecule has 0 unspecified atom stereocenters. The molecule has 1 aromatic heterocycles. The largest absolute Gasteiger partial charge is 0.217 e. The second-order valence-corrected chi connectivity index (χ2v) is 2.28. The van der Waals surface area contributed by atoms with Gasteiger partial charge in [0.1, 0.15) is 6.20 Å². The molecule has 0 saturated carbocycles. The molecule has 0 aliphatic heterocycles. The molecule has 0 saturated heterocycles. The van der Waals surface area contributed by atoms with Gasteiger partial charge in [0, 0.05) is 11.5 Å². The van der Waals surface area contributed by atoms with Crippen LogP contribution in [-0.4, -0.2) is 4.98 Å². The first-order valence-electron chi connectivity index (χ1n) is 3.29. The Morgan fingerprint density at radius 2 is 2.09 bits per heavy atom. The fraction of sp³-hybridized carbons (Fsp3) is 0. The summed E-state index contributed by atoms with van der Waals surface area (Å²) >= 11 is 0. The van der Waals surface area contributed by atoms with Gasteiger partial charge in [0.15, 0.2) is 0 Å². The van der Waals surface area contributed by atoms with E-state index in [9.17, 15) is 4.39 Å². The van der Waals surface area contributed by atoms with Crippen molar-refractivity contribution in [3.8, 4) is 0 Å². The van der Waals surface area contributed by atoms with E-state index in [-0.39, 0.29) is 0 Å². The maximum atomic E-state index is 12.5. The van der Waals surface area contributed by atoms with Gasteiger partial charge in [-0.25, -0.2) is 4.98 Å². The predicted octanol–water partition coefficient (Wildman–Crippen LogP) is 2.17. The van der Waals surface area contributed by atoms with E-state index in [1.807, 2.05) is 24.3 Å². The molecule has 0 atom stereocenters. The van der Waals surface area contributed by atoms with Gasteiger partial charge in [-0.3, -0.25) is 0 Å². The van der Waals surface area contributed by atoms with Crippen LogP contribution in [0.2, 0.25) is 0 Å². The number of pyridine rings is 1. The summed E-state index contributed by atoms with van der Waals surface area (Å²) in [5.41, 5.74) is 0. The number of aromatic nitrogens is 1. The summed E-state index contributed by atoms with van der Waals surface area (Å²) < 4.78 is 12.5. The summed E-state index contributed by atoms with van der Waals surface area (Å²) in [6.45, 7) is 0. The van der Waals surface area contributed by atoms with Crippen molar-refractivity contribution in [2.45, 2.75) is 0 Å². The van der Waals surface area contributed by atoms with Gasteiger partial charge in [0.2, 0.25) is 5.95 Å². The van der Waals surface area contributed by atoms with Gasteiger partial charge in [-0.05, 0) is 5.39 Å². The second kappa shape index (κ2) is 2.31. The quantitative estimate of drug-likeness (QED) is 0.519. The molecule has 0 fully saturated rings. The van der Waals surface area contributed by atoms with Crippen molar-refractivity contribution >= 4 is 10.8 Å². The molecule has 1 heterocycles. The van der Waals surface area contributed by atoms with E-state index in [1.54, 1.807) is 0 Å². The SMILES string of the molecule is Fc1cc2ccccc2[c]n1. The third kappa shape index (κ3) is 1.07. The van der Waals surface area contributed by atoms with Crippen LogP contribution in [0.15, 0.2) is 30.3 Å². The minimum atomic E-state index is -0.483. The van der Waals surface area contributed by atoms with Crippen molar-refractivity contribution in [3.63, 3.8) is 0 Å². The summed E-state index contributed by atoms with van der Waals surface area (Å²) in [4.78, 5) is 3.42. The Bertz CT molecular complexity index is 384. The molecule has 2 rings (SSSR count). The highest BCUT2D eigenvalue weighted by molar-refractivity contribution is 5.80. The predicted molar refractivity (Wildman–Crippen MR) is 40.5 cm³/mol. The third-order valence-electron chi connectivity index (χ3n) is 1.52. The molecule has 1 nitrogen and oxygen atoms in total. The topological polar surface area (TPSA) is 12.9 Å². The molecule has 2 heteroatoms. The van der Waals surface area contributed by atoms with E-state index in [1.165, 1.54) is 6.07 Å². The lowest BCUT2D eigenvalue weighted by Gasteiger charge is -1.93. The van der Waals surface area contributed by atoms with E-state index in [4.69, 9.17) is 0 Å². The van der Waals surface area contributed by atoms with Gasteiger partial charge in [0.25, 0.3) is 0 Å². The zero-order valence-corrected chi connectivity index (χ0v) is 5.71. The zero-order chi connectivity index (χ0) is 7.68. The molecular formula is C9H5FN. The van der Waals surface area contributed by atoms with Crippen molar-refractivity contribution in [2.75, 3.05) is 0 Å². The second-order valence-electron chi connectivity index (χ2n) is 2.28. The summed E-state index contributed by atoms with van der Waals surface area (Å²) in [5, 5.41) is 1.67. The molecular weight excluding hydrogens is 141 g/mol. The Morgan fingerprint density at radius 1 is 1.27 bits per heavy atom. The van der Waals surface area contributed by atoms with Crippen LogP contribution in [-0.2, 0) is 0 Å². The minimum Gasteiger partial charge on any atom is -0.217 e. The Labute approximate surface area is 63.5 Å². The highest BCUT2D eigenvalue weighted by atomic mass is 19.1. The Balaban J connectivity index is 2.83. The number of rotatable bonds is 0. The number of hydrogen-bond donors (Lipinski definition) is 0. The van der Waals surface area contributed by atoms with Crippen molar-refractivity contribution in [2.24, 2.45) is 0 Å². The van der Waals surface area contributed by atoms with Crippen molar-refractivity contribution in [3.05, 3.63) is 42.5 Å². The number of halogens is 1. The smallest absolute Gasteiger partial charge is 0.214 e. The maximum absolute atomic E-state index is 12.5. The van der Waals surface area contributed by atoms with Crippen LogP contribution in [0.1, 0.15) is 0 Å². The van der Waals surface area contributed by atoms with Gasteiger partial charge in [-0.2, -0.15) is 4.39 Å². The first-order chi connectivity index (χ1) is 5.36. The van der Waals surface area contributed by atoms with Crippen LogP contribution in [0.4, 0.5) is 4.39 Å². The first kappa shape index (κ1) is 6.28. The Kier molecular flexibility index (Phi) is 1.32. The van der Waals surface area contributed by atoms with Gasteiger partial charge < -0.3 is 0 Å². The minimum absolute atomic E-state index is 0.483. The summed E-state index contributed by atoms with van der Waals surface area (Å²) in [7, 11) is 0. The van der Waals surface area contributed by atoms with Crippen molar-refractivity contribution in [1.82, 2.24) is 4.98 Å². The molecule has 0 bridgehead atoms. The fourth-order valence-electron chi connectivity index (χ4n) is 0.999. The molecule has 1 aromatic carbocycles. The van der Waals surface area contributed by atoms with Gasteiger partial charge >= 0.3 is 0 Å². The molecule has 0 amide bonds. The fourth-order valence-corrected chi connectivity index (χ4v) is 0.999. The highest BCUT2D eigenvalue weighted by Gasteiger charge is 1.94. The van der Waals surface area contributed by atoms with Crippen LogP contribution < -0.4 is 0 Å². The molecule has 0 spiro atoms. The van der Waals surface area contributed by atoms with Crippen LogP contribution in [0.3, 0.4) is 0 Å². The van der Waals surface area contributed by atoms with Gasteiger partial charge in [0.05, 0.1) is 0 Å². The lowest BCUT2D eigenvalue weighted by atomic mass is 10.2. The van der Waals surface area contributed by atoms with Gasteiger partial charge in [-0.15, -0.1) is 0 Å². The molecule has 2 aromatic rings. The van der Waals surface area contributed by atoms with Crippen LogP contribution >= 0.6 is 0 Å². The molecule has 53 valence electrons. The Morgan fingerprint density at radius 3 is 3.00 bits per heavy atom. The summed E-state index contributed by atoms with van der Waals surface area (Å²) in [6, 6.07) is 8.80. The van der Waals surface area contributed by atoms with Gasteiger partial charge in [-0.1, -0.05) is 24.3 Å².